The van der Waals surface area contributed by atoms with Crippen molar-refractivity contribution in [3.05, 3.63) is 0 Å². The fourth-order valence-electron chi connectivity index (χ4n) is 2.66. The molecule has 0 aliphatic carbocycles. The zero-order valence-corrected chi connectivity index (χ0v) is 7.59. The number of aldehydes is 1. The molecule has 0 unspecified atom stereocenters. The Morgan fingerprint density at radius 2 is 1.54 bits per heavy atom. The third-order valence-corrected chi connectivity index (χ3v) is 3.08. The van der Waals surface area contributed by atoms with Gasteiger partial charge in [-0.2, -0.15) is 0 Å². The zero-order valence-electron chi connectivity index (χ0n) is 7.59. The Morgan fingerprint density at radius 3 is 2.00 bits per heavy atom. The number of hydrogen-bond acceptors (Lipinski definition) is 5. The summed E-state index contributed by atoms with van der Waals surface area (Å²) in [7, 11) is 0. The molecular formula is C8H14N4O. The van der Waals surface area contributed by atoms with Crippen molar-refractivity contribution in [2.45, 2.75) is 12.6 Å². The molecule has 4 aliphatic rings. The van der Waals surface area contributed by atoms with Crippen LogP contribution < -0.4 is 0 Å². The third-order valence-electron chi connectivity index (χ3n) is 3.08. The molecule has 0 spiro atoms. The van der Waals surface area contributed by atoms with Gasteiger partial charge in [-0.3, -0.25) is 19.6 Å². The van der Waals surface area contributed by atoms with Gasteiger partial charge in [-0.25, -0.2) is 0 Å². The van der Waals surface area contributed by atoms with Gasteiger partial charge in [-0.1, -0.05) is 0 Å². The molecule has 0 aromatic rings. The quantitative estimate of drug-likeness (QED) is 0.508. The van der Waals surface area contributed by atoms with E-state index >= 15 is 0 Å². The van der Waals surface area contributed by atoms with E-state index in [0.29, 0.717) is 12.6 Å². The standard InChI is InChI=1S/C8H14N4O/c13-2-1-8-11-4-9-3-10(6-11)7-12(8)5-9/h2,8H,1,3-7H2. The molecule has 0 aromatic heterocycles. The first-order chi connectivity index (χ1) is 6.36. The maximum atomic E-state index is 10.5. The monoisotopic (exact) mass is 182 g/mol. The summed E-state index contributed by atoms with van der Waals surface area (Å²) < 4.78 is 0. The molecule has 4 heterocycles. The Kier molecular flexibility index (Phi) is 1.66. The summed E-state index contributed by atoms with van der Waals surface area (Å²) in [6.07, 6.45) is 2.06. The van der Waals surface area contributed by atoms with E-state index in [-0.39, 0.29) is 0 Å². The van der Waals surface area contributed by atoms with E-state index in [4.69, 9.17) is 0 Å². The van der Waals surface area contributed by atoms with Crippen LogP contribution in [0.4, 0.5) is 0 Å². The van der Waals surface area contributed by atoms with Crippen molar-refractivity contribution in [1.82, 2.24) is 19.6 Å². The van der Waals surface area contributed by atoms with E-state index in [1.54, 1.807) is 0 Å². The molecule has 0 radical (unpaired) electrons. The fourth-order valence-corrected chi connectivity index (χ4v) is 2.66. The van der Waals surface area contributed by atoms with Crippen molar-refractivity contribution in [3.8, 4) is 0 Å². The van der Waals surface area contributed by atoms with Gasteiger partial charge in [0.05, 0.1) is 39.5 Å². The van der Waals surface area contributed by atoms with E-state index in [2.05, 4.69) is 19.6 Å². The second-order valence-electron chi connectivity index (χ2n) is 4.11. The predicted octanol–water partition coefficient (Wildman–Crippen LogP) is -1.06. The van der Waals surface area contributed by atoms with Gasteiger partial charge in [0.15, 0.2) is 0 Å². The lowest BCUT2D eigenvalue weighted by atomic mass is 10.2. The minimum Gasteiger partial charge on any atom is -0.303 e. The maximum Gasteiger partial charge on any atom is 0.122 e. The number of carbonyl (C=O) groups excluding carboxylic acids is 1. The smallest absolute Gasteiger partial charge is 0.122 e. The first-order valence-electron chi connectivity index (χ1n) is 4.73. The summed E-state index contributed by atoms with van der Waals surface area (Å²) >= 11 is 0. The second kappa shape index (κ2) is 2.75. The van der Waals surface area contributed by atoms with Crippen molar-refractivity contribution in [2.75, 3.05) is 33.3 Å². The minimum absolute atomic E-state index is 0.366. The van der Waals surface area contributed by atoms with Crippen LogP contribution in [0.15, 0.2) is 0 Å². The topological polar surface area (TPSA) is 30.0 Å². The molecule has 72 valence electrons. The lowest BCUT2D eigenvalue weighted by molar-refractivity contribution is -0.230. The Labute approximate surface area is 77.5 Å². The third kappa shape index (κ3) is 1.12. The van der Waals surface area contributed by atoms with Crippen molar-refractivity contribution in [1.29, 1.82) is 0 Å². The summed E-state index contributed by atoms with van der Waals surface area (Å²) in [5, 5.41) is 0. The van der Waals surface area contributed by atoms with Gasteiger partial charge in [0, 0.05) is 6.42 Å². The van der Waals surface area contributed by atoms with Crippen LogP contribution in [-0.4, -0.2) is 65.4 Å². The Balaban J connectivity index is 1.81. The van der Waals surface area contributed by atoms with E-state index < -0.39 is 0 Å². The molecule has 0 atom stereocenters. The first-order valence-corrected chi connectivity index (χ1v) is 4.73. The normalized spacial score (nSPS) is 52.5. The Morgan fingerprint density at radius 1 is 1.00 bits per heavy atom. The molecule has 0 N–H and O–H groups in total. The van der Waals surface area contributed by atoms with Gasteiger partial charge in [0.2, 0.25) is 0 Å². The first kappa shape index (κ1) is 7.87. The molecular weight excluding hydrogens is 168 g/mol. The van der Waals surface area contributed by atoms with Crippen LogP contribution in [0.3, 0.4) is 0 Å². The molecule has 4 aliphatic heterocycles. The average Bonchev–Trinajstić information content (AvgIpc) is 2.10. The molecule has 4 fully saturated rings. The molecule has 4 saturated heterocycles. The molecule has 5 heteroatoms. The second-order valence-corrected chi connectivity index (χ2v) is 4.11. The van der Waals surface area contributed by atoms with Crippen molar-refractivity contribution in [3.63, 3.8) is 0 Å². The van der Waals surface area contributed by atoms with Crippen LogP contribution in [0, 0.1) is 0 Å². The highest BCUT2D eigenvalue weighted by Gasteiger charge is 2.42. The number of rotatable bonds is 2. The van der Waals surface area contributed by atoms with Crippen LogP contribution in [0.1, 0.15) is 6.42 Å². The van der Waals surface area contributed by atoms with E-state index in [9.17, 15) is 4.79 Å². The summed E-state index contributed by atoms with van der Waals surface area (Å²) in [5.74, 6) is 0. The largest absolute Gasteiger partial charge is 0.303 e. The molecule has 4 rings (SSSR count). The molecule has 4 bridgehead atoms. The average molecular weight is 182 g/mol. The van der Waals surface area contributed by atoms with Crippen molar-refractivity contribution in [2.24, 2.45) is 0 Å². The van der Waals surface area contributed by atoms with Gasteiger partial charge < -0.3 is 4.79 Å². The van der Waals surface area contributed by atoms with Gasteiger partial charge in [-0.05, 0) is 0 Å². The molecule has 13 heavy (non-hydrogen) atoms. The molecule has 0 saturated carbocycles. The van der Waals surface area contributed by atoms with Gasteiger partial charge in [0.1, 0.15) is 6.29 Å². The van der Waals surface area contributed by atoms with Crippen LogP contribution in [0.25, 0.3) is 0 Å². The van der Waals surface area contributed by atoms with Crippen LogP contribution >= 0.6 is 0 Å². The molecule has 0 aromatic carbocycles. The predicted molar refractivity (Wildman–Crippen MR) is 46.2 cm³/mol. The minimum atomic E-state index is 0.366. The van der Waals surface area contributed by atoms with Gasteiger partial charge >= 0.3 is 0 Å². The van der Waals surface area contributed by atoms with Crippen molar-refractivity contribution >= 4 is 6.29 Å². The molecule has 5 nitrogen and oxygen atoms in total. The number of nitrogens with zero attached hydrogens (tertiary/aromatic N) is 4. The van der Waals surface area contributed by atoms with Crippen molar-refractivity contribution < 1.29 is 4.79 Å². The lowest BCUT2D eigenvalue weighted by Gasteiger charge is -2.60. The molecule has 0 amide bonds. The van der Waals surface area contributed by atoms with Crippen LogP contribution in [0.2, 0.25) is 0 Å². The summed E-state index contributed by atoms with van der Waals surface area (Å²) in [6.45, 7) is 5.23. The SMILES string of the molecule is O=CCC1N2CN3CN(C2)CN1C3. The summed E-state index contributed by atoms with van der Waals surface area (Å²) in [5.41, 5.74) is 0. The van der Waals surface area contributed by atoms with Gasteiger partial charge in [-0.15, -0.1) is 0 Å². The van der Waals surface area contributed by atoms with E-state index in [0.717, 1.165) is 39.6 Å². The fraction of sp³-hybridized carbons (Fsp3) is 0.875. The number of carbonyl (C=O) groups is 1. The summed E-state index contributed by atoms with van der Waals surface area (Å²) in [6, 6.07) is 0. The maximum absolute atomic E-state index is 10.5. The zero-order chi connectivity index (χ0) is 8.84. The summed E-state index contributed by atoms with van der Waals surface area (Å²) in [4.78, 5) is 20.0. The Bertz CT molecular complexity index is 204. The van der Waals surface area contributed by atoms with Gasteiger partial charge in [0.25, 0.3) is 0 Å². The van der Waals surface area contributed by atoms with Crippen LogP contribution in [-0.2, 0) is 4.79 Å². The van der Waals surface area contributed by atoms with E-state index in [1.165, 1.54) is 0 Å². The highest BCUT2D eigenvalue weighted by molar-refractivity contribution is 5.50. The number of hydrogen-bond donors (Lipinski definition) is 0. The lowest BCUT2D eigenvalue weighted by Crippen LogP contribution is -2.75. The highest BCUT2D eigenvalue weighted by atomic mass is 16.1. The highest BCUT2D eigenvalue weighted by Crippen LogP contribution is 2.27. The Hall–Kier alpha value is -0.490. The van der Waals surface area contributed by atoms with Crippen LogP contribution in [0.5, 0.6) is 0 Å². The van der Waals surface area contributed by atoms with E-state index in [1.807, 2.05) is 0 Å².